The van der Waals surface area contributed by atoms with Crippen molar-refractivity contribution in [3.63, 3.8) is 0 Å². The summed E-state index contributed by atoms with van der Waals surface area (Å²) < 4.78 is 88.4. The summed E-state index contributed by atoms with van der Waals surface area (Å²) >= 11 is 20.4. The molecule has 30 heteroatoms. The van der Waals surface area contributed by atoms with E-state index in [1.807, 2.05) is 0 Å². The third-order valence-electron chi connectivity index (χ3n) is 18.4. The van der Waals surface area contributed by atoms with Crippen LogP contribution in [0.4, 0.5) is 45.1 Å². The number of carbonyl (C=O) groups is 9. The molecule has 0 spiro atoms. The van der Waals surface area contributed by atoms with Gasteiger partial charge in [0.1, 0.15) is 35.5 Å². The molecule has 0 radical (unpaired) electrons. The number of imide groups is 1. The molecule has 19 nitrogen and oxygen atoms in total. The molecule has 1 aliphatic carbocycles. The van der Waals surface area contributed by atoms with E-state index < -0.39 is 111 Å². The first kappa shape index (κ1) is 75.8. The van der Waals surface area contributed by atoms with Crippen molar-refractivity contribution in [2.24, 2.45) is 0 Å². The second-order valence-corrected chi connectivity index (χ2v) is 31.9. The number of esters is 4. The van der Waals surface area contributed by atoms with Crippen LogP contribution in [0.5, 0.6) is 28.7 Å². The second kappa shape index (κ2) is 31.0. The predicted molar refractivity (Wildman–Crippen MR) is 435 cm³/mol. The lowest BCUT2D eigenvalue weighted by Crippen LogP contribution is -2.44. The third kappa shape index (κ3) is 15.1. The van der Waals surface area contributed by atoms with Crippen molar-refractivity contribution in [3.05, 3.63) is 322 Å². The fraction of sp³-hybridized carbons (Fsp3) is 0.0476. The monoisotopic (exact) mass is 1650 g/mol. The first-order valence-electron chi connectivity index (χ1n) is 34.0. The van der Waals surface area contributed by atoms with E-state index in [9.17, 15) is 65.8 Å². The van der Waals surface area contributed by atoms with E-state index in [1.165, 1.54) is 239 Å². The number of fused-ring (bicyclic) bond motifs is 5. The van der Waals surface area contributed by atoms with Gasteiger partial charge in [-0.2, -0.15) is 0 Å². The first-order valence-corrected chi connectivity index (χ1v) is 38.5. The fourth-order valence-electron chi connectivity index (χ4n) is 13.3. The van der Waals surface area contributed by atoms with Crippen LogP contribution in [0.2, 0.25) is 0 Å². The van der Waals surface area contributed by atoms with Crippen LogP contribution in [0.25, 0.3) is 24.3 Å². The minimum absolute atomic E-state index is 0.0482. The molecule has 10 aromatic rings. The molecule has 4 fully saturated rings. The number of benzene rings is 10. The second-order valence-electron chi connectivity index (χ2n) is 25.9. The summed E-state index contributed by atoms with van der Waals surface area (Å²) in [6.07, 6.45) is 5.52. The molecule has 0 unspecified atom stereocenters. The van der Waals surface area contributed by atoms with Crippen molar-refractivity contribution in [1.82, 2.24) is 0 Å². The number of anilines is 4. The summed E-state index contributed by atoms with van der Waals surface area (Å²) in [6.45, 7) is -0.592. The van der Waals surface area contributed by atoms with E-state index in [1.54, 1.807) is 18.2 Å². The normalized spacial score (nSPS) is 18.5. The number of nitrogens with zero attached hydrogens (tertiary/aromatic N) is 4. The zero-order valence-electron chi connectivity index (χ0n) is 57.9. The zero-order chi connectivity index (χ0) is 79.5. The summed E-state index contributed by atoms with van der Waals surface area (Å²) in [7, 11) is 0. The number of carbonyl (C=O) groups excluding carboxylic acids is 9. The van der Waals surface area contributed by atoms with Crippen LogP contribution in [0.3, 0.4) is 0 Å². The molecule has 5 amide bonds. The summed E-state index contributed by atoms with van der Waals surface area (Å²) in [6, 6.07) is 49.9. The topological polar surface area (TPSA) is 233 Å². The SMILES string of the molecule is O=C(Oc1cc2c(cc1OC(=O)c1cccc(N3C(=O)/C(=C/c4cccc(F)c4)SC3=S)c1)[C@@H]1c3ccc(OC(=O)c4cccc(N5C(=O)/C(=C/c6cccc(F)c6)SC5=S)c4)c(OC(=O)c4cccc(N5C(=O)S/C(=C\c6cccc(F)c6)C5=O)c4)c3OC[C@]1(O)C2)c1cccc(N2C(=O)/C(=C/c3cccc(F)c3)SC2=S)c1. The molecule has 2 atom stereocenters. The summed E-state index contributed by atoms with van der Waals surface area (Å²) in [5.74, 6) is -12.3. The van der Waals surface area contributed by atoms with E-state index in [0.717, 1.165) is 40.2 Å². The van der Waals surface area contributed by atoms with Gasteiger partial charge in [-0.05, 0) is 209 Å². The highest BCUT2D eigenvalue weighted by molar-refractivity contribution is 8.28. The smallest absolute Gasteiger partial charge is 0.343 e. The molecule has 4 saturated heterocycles. The Morgan fingerprint density at radius 1 is 0.404 bits per heavy atom. The minimum atomic E-state index is -1.93. The van der Waals surface area contributed by atoms with E-state index in [2.05, 4.69) is 0 Å². The molecule has 6 aliphatic rings. The van der Waals surface area contributed by atoms with Gasteiger partial charge >= 0.3 is 23.9 Å². The van der Waals surface area contributed by atoms with Crippen LogP contribution in [0, 0.1) is 23.3 Å². The highest BCUT2D eigenvalue weighted by atomic mass is 32.2. The lowest BCUT2D eigenvalue weighted by atomic mass is 9.80. The van der Waals surface area contributed by atoms with Gasteiger partial charge in [-0.1, -0.05) is 151 Å². The molecule has 5 aliphatic heterocycles. The number of thiocarbonyl (C=S) groups is 3. The summed E-state index contributed by atoms with van der Waals surface area (Å²) in [5, 5.41) is 12.3. The highest BCUT2D eigenvalue weighted by Crippen LogP contribution is 2.57. The maximum Gasteiger partial charge on any atom is 0.343 e. The standard InChI is InChI=1S/C84H46F4N4O15S7/c85-52-17-1-9-43(27-52)31-65-72(93)89(80(101)111-65)56-21-5-16-50(35-56)79(100)107-71-62(104-76(97)47-13-6-22-57(36-47)90-73(94)66(112-81(90)108)32-44-10-2-18-53(86)28-44)26-25-60-69-61-40-64(106-78(99)49-15-8-24-59(38-49)92-75(96)68(114-83(92)110)34-46-12-4-20-55(88)30-46)63(39-51(61)41-84(69,102)42-103-70(60)71)105-77(98)48-14-7-23-58(37-48)91-74(95)67(113-82(91)109)33-45-11-3-19-54(87)29-45/h1-40,69,102H,41-42H2/b65-31-,66-32-,67-33-,68-34-/t69-,84+/m0/s1. The van der Waals surface area contributed by atoms with Gasteiger partial charge in [0.15, 0.2) is 36.0 Å². The molecule has 0 bridgehead atoms. The van der Waals surface area contributed by atoms with Gasteiger partial charge in [-0.3, -0.25) is 38.7 Å². The van der Waals surface area contributed by atoms with Crippen molar-refractivity contribution in [3.8, 4) is 28.7 Å². The number of hydrogen-bond acceptors (Lipinski definition) is 22. The van der Waals surface area contributed by atoms with Gasteiger partial charge in [0.2, 0.25) is 5.75 Å². The van der Waals surface area contributed by atoms with Crippen LogP contribution in [0.1, 0.15) is 86.3 Å². The van der Waals surface area contributed by atoms with Gasteiger partial charge in [0, 0.05) is 17.9 Å². The van der Waals surface area contributed by atoms with Crippen LogP contribution in [-0.2, 0) is 25.6 Å². The zero-order valence-corrected chi connectivity index (χ0v) is 63.6. The first-order chi connectivity index (χ1) is 54.9. The Morgan fingerprint density at radius 2 is 0.746 bits per heavy atom. The number of rotatable bonds is 16. The van der Waals surface area contributed by atoms with E-state index >= 15 is 0 Å². The Bertz CT molecular complexity index is 6130. The molecule has 114 heavy (non-hydrogen) atoms. The molecule has 562 valence electrons. The van der Waals surface area contributed by atoms with E-state index in [0.29, 0.717) is 39.6 Å². The number of ether oxygens (including phenoxy) is 5. The lowest BCUT2D eigenvalue weighted by Gasteiger charge is -2.37. The van der Waals surface area contributed by atoms with Crippen molar-refractivity contribution < 1.29 is 89.5 Å². The Labute approximate surface area is 676 Å². The quantitative estimate of drug-likeness (QED) is 0.0311. The molecule has 1 N–H and O–H groups in total. The van der Waals surface area contributed by atoms with Crippen LogP contribution < -0.4 is 43.3 Å². The number of hydrogen-bond donors (Lipinski definition) is 1. The van der Waals surface area contributed by atoms with Gasteiger partial charge in [-0.15, -0.1) is 0 Å². The number of aliphatic hydroxyl groups is 1. The van der Waals surface area contributed by atoms with Gasteiger partial charge in [0.25, 0.3) is 28.9 Å². The highest BCUT2D eigenvalue weighted by Gasteiger charge is 2.52. The lowest BCUT2D eigenvalue weighted by molar-refractivity contribution is -0.114. The fourth-order valence-corrected chi connectivity index (χ4v) is 18.0. The average molecular weight is 1650 g/mol. The van der Waals surface area contributed by atoms with Crippen molar-refractivity contribution >= 4 is 196 Å². The third-order valence-corrected chi connectivity index (χ3v) is 23.1. The molecule has 10 aromatic carbocycles. The van der Waals surface area contributed by atoms with Crippen LogP contribution >= 0.6 is 83.7 Å². The number of amides is 5. The van der Waals surface area contributed by atoms with Crippen LogP contribution in [0.15, 0.2) is 238 Å². The molecule has 5 heterocycles. The van der Waals surface area contributed by atoms with Gasteiger partial charge in [0.05, 0.1) is 64.6 Å². The van der Waals surface area contributed by atoms with Gasteiger partial charge < -0.3 is 28.8 Å². The predicted octanol–water partition coefficient (Wildman–Crippen LogP) is 17.4. The van der Waals surface area contributed by atoms with Crippen LogP contribution in [-0.4, -0.2) is 83.0 Å². The molecule has 0 saturated carbocycles. The van der Waals surface area contributed by atoms with E-state index in [-0.39, 0.29) is 107 Å². The molecule has 0 aromatic heterocycles. The summed E-state index contributed by atoms with van der Waals surface area (Å²) in [4.78, 5) is 134. The largest absolute Gasteiger partial charge is 0.486 e. The maximum absolute atomic E-state index is 14.9. The Hall–Kier alpha value is -12.3. The van der Waals surface area contributed by atoms with E-state index in [4.69, 9.17) is 60.3 Å². The Morgan fingerprint density at radius 3 is 1.14 bits per heavy atom. The van der Waals surface area contributed by atoms with Crippen molar-refractivity contribution in [1.29, 1.82) is 0 Å². The van der Waals surface area contributed by atoms with Crippen molar-refractivity contribution in [2.45, 2.75) is 17.9 Å². The molecule has 16 rings (SSSR count). The Balaban J connectivity index is 0.758. The summed E-state index contributed by atoms with van der Waals surface area (Å²) in [5.41, 5.74) is -0.127. The maximum atomic E-state index is 14.9. The molecular formula is C84H46F4N4O15S7. The molecular weight excluding hydrogens is 1610 g/mol. The van der Waals surface area contributed by atoms with Gasteiger partial charge in [-0.25, -0.2) is 41.6 Å². The average Bonchev–Trinajstić information content (AvgIpc) is 1.54. The number of halogens is 4. The van der Waals surface area contributed by atoms with Crippen molar-refractivity contribution in [2.75, 3.05) is 26.2 Å². The Kier molecular flexibility index (Phi) is 20.6. The minimum Gasteiger partial charge on any atom is -0.486 e. The number of thioether (sulfide) groups is 4.